The Morgan fingerprint density at radius 3 is 2.08 bits per heavy atom. The zero-order chi connectivity index (χ0) is 19.0. The standard InChI is InChI=1S/C20H16OS.C4H10/c1-22-15-14-20(21,17-10-3-2-4-11-17)19-13-7-9-16-8-5-6-12-18(16)19;1-4(2)3/h2-13,21H,1H3;4H,1-3H3. The van der Waals surface area contributed by atoms with E-state index in [2.05, 4.69) is 31.9 Å². The molecular weight excluding hydrogens is 336 g/mol. The average Bonchev–Trinajstić information content (AvgIpc) is 2.66. The Morgan fingerprint density at radius 2 is 1.42 bits per heavy atom. The molecule has 0 heterocycles. The normalized spacial score (nSPS) is 12.5. The second-order valence-corrected chi connectivity index (χ2v) is 7.38. The molecule has 3 rings (SSSR count). The Kier molecular flexibility index (Phi) is 7.33. The molecule has 0 aromatic heterocycles. The van der Waals surface area contributed by atoms with Crippen LogP contribution in [0.25, 0.3) is 10.8 Å². The Hall–Kier alpha value is -2.21. The molecule has 0 spiro atoms. The fourth-order valence-corrected chi connectivity index (χ4v) is 2.89. The number of benzene rings is 3. The summed E-state index contributed by atoms with van der Waals surface area (Å²) in [4.78, 5) is 0. The van der Waals surface area contributed by atoms with Crippen LogP contribution < -0.4 is 0 Å². The summed E-state index contributed by atoms with van der Waals surface area (Å²) < 4.78 is 0. The van der Waals surface area contributed by atoms with Crippen molar-refractivity contribution in [3.63, 3.8) is 0 Å². The van der Waals surface area contributed by atoms with Gasteiger partial charge in [-0.1, -0.05) is 105 Å². The number of hydrogen-bond donors (Lipinski definition) is 1. The minimum Gasteiger partial charge on any atom is -0.369 e. The molecule has 26 heavy (non-hydrogen) atoms. The van der Waals surface area contributed by atoms with Crippen LogP contribution in [-0.2, 0) is 5.60 Å². The quantitative estimate of drug-likeness (QED) is 0.559. The highest BCUT2D eigenvalue weighted by Crippen LogP contribution is 2.34. The minimum atomic E-state index is -1.31. The third kappa shape index (κ3) is 4.91. The Morgan fingerprint density at radius 1 is 0.846 bits per heavy atom. The van der Waals surface area contributed by atoms with Gasteiger partial charge in [-0.2, -0.15) is 0 Å². The maximum absolute atomic E-state index is 11.4. The number of rotatable bonds is 2. The molecule has 1 nitrogen and oxygen atoms in total. The maximum atomic E-state index is 11.4. The van der Waals surface area contributed by atoms with Gasteiger partial charge in [0.1, 0.15) is 0 Å². The molecule has 1 atom stereocenters. The monoisotopic (exact) mass is 362 g/mol. The Balaban J connectivity index is 0.000000552. The molecule has 134 valence electrons. The number of fused-ring (bicyclic) bond motifs is 1. The lowest BCUT2D eigenvalue weighted by atomic mass is 9.84. The van der Waals surface area contributed by atoms with E-state index in [0.29, 0.717) is 0 Å². The predicted octanol–water partition coefficient (Wildman–Crippen LogP) is 6.06. The predicted molar refractivity (Wildman–Crippen MR) is 115 cm³/mol. The summed E-state index contributed by atoms with van der Waals surface area (Å²) in [5, 5.41) is 16.5. The largest absolute Gasteiger partial charge is 0.369 e. The first-order valence-electron chi connectivity index (χ1n) is 8.80. The molecule has 3 aromatic rings. The lowest BCUT2D eigenvalue weighted by molar-refractivity contribution is 0.147. The van der Waals surface area contributed by atoms with Crippen LogP contribution in [0.3, 0.4) is 0 Å². The highest BCUT2D eigenvalue weighted by atomic mass is 32.2. The highest BCUT2D eigenvalue weighted by molar-refractivity contribution is 8.03. The van der Waals surface area contributed by atoms with E-state index < -0.39 is 5.60 Å². The van der Waals surface area contributed by atoms with Gasteiger partial charge in [-0.15, -0.1) is 0 Å². The van der Waals surface area contributed by atoms with Crippen molar-refractivity contribution in [2.75, 3.05) is 6.26 Å². The molecular formula is C24H26OS. The van der Waals surface area contributed by atoms with Gasteiger partial charge in [0.25, 0.3) is 0 Å². The van der Waals surface area contributed by atoms with Crippen LogP contribution in [0.1, 0.15) is 31.9 Å². The molecule has 1 N–H and O–H groups in total. The van der Waals surface area contributed by atoms with Crippen LogP contribution in [0.15, 0.2) is 72.8 Å². The zero-order valence-electron chi connectivity index (χ0n) is 15.9. The van der Waals surface area contributed by atoms with E-state index in [1.54, 1.807) is 0 Å². The summed E-state index contributed by atoms with van der Waals surface area (Å²) in [5.41, 5.74) is 0.289. The molecule has 0 aliphatic carbocycles. The topological polar surface area (TPSA) is 20.2 Å². The van der Waals surface area contributed by atoms with Crippen LogP contribution in [0.2, 0.25) is 0 Å². The van der Waals surface area contributed by atoms with Crippen molar-refractivity contribution in [1.29, 1.82) is 0 Å². The van der Waals surface area contributed by atoms with Crippen molar-refractivity contribution >= 4 is 22.5 Å². The summed E-state index contributed by atoms with van der Waals surface area (Å²) in [6.45, 7) is 6.50. The van der Waals surface area contributed by atoms with Crippen molar-refractivity contribution in [3.05, 3.63) is 83.9 Å². The molecule has 0 fully saturated rings. The van der Waals surface area contributed by atoms with E-state index in [1.807, 2.05) is 79.1 Å². The lowest BCUT2D eigenvalue weighted by Crippen LogP contribution is -2.25. The van der Waals surface area contributed by atoms with Crippen LogP contribution in [0.4, 0.5) is 0 Å². The van der Waals surface area contributed by atoms with Crippen molar-refractivity contribution in [1.82, 2.24) is 0 Å². The maximum Gasteiger partial charge on any atom is 0.178 e. The average molecular weight is 363 g/mol. The van der Waals surface area contributed by atoms with Crippen LogP contribution in [0, 0.1) is 17.1 Å². The van der Waals surface area contributed by atoms with Gasteiger partial charge in [-0.25, -0.2) is 0 Å². The van der Waals surface area contributed by atoms with E-state index in [4.69, 9.17) is 0 Å². The SMILES string of the molecule is CC(C)C.CSC#CC(O)(c1ccccc1)c1cccc2ccccc12. The summed E-state index contributed by atoms with van der Waals surface area (Å²) in [6.07, 6.45) is 1.90. The van der Waals surface area contributed by atoms with E-state index >= 15 is 0 Å². The van der Waals surface area contributed by atoms with Gasteiger partial charge in [0.15, 0.2) is 5.60 Å². The fourth-order valence-electron chi connectivity index (χ4n) is 2.64. The van der Waals surface area contributed by atoms with Crippen molar-refractivity contribution in [3.8, 4) is 11.2 Å². The number of aliphatic hydroxyl groups is 1. The Bertz CT molecular complexity index is 882. The Labute approximate surface area is 161 Å². The molecule has 2 heteroatoms. The van der Waals surface area contributed by atoms with Gasteiger partial charge in [0, 0.05) is 11.1 Å². The van der Waals surface area contributed by atoms with Gasteiger partial charge in [0.2, 0.25) is 0 Å². The first kappa shape index (κ1) is 20.1. The van der Waals surface area contributed by atoms with Crippen LogP contribution in [0.5, 0.6) is 0 Å². The lowest BCUT2D eigenvalue weighted by Gasteiger charge is -2.25. The van der Waals surface area contributed by atoms with Crippen molar-refractivity contribution < 1.29 is 5.11 Å². The molecule has 0 bridgehead atoms. The third-order valence-corrected chi connectivity index (χ3v) is 4.01. The first-order valence-corrected chi connectivity index (χ1v) is 10.0. The summed E-state index contributed by atoms with van der Waals surface area (Å²) >= 11 is 1.40. The summed E-state index contributed by atoms with van der Waals surface area (Å²) in [6, 6.07) is 23.6. The molecule has 0 radical (unpaired) electrons. The van der Waals surface area contributed by atoms with Crippen molar-refractivity contribution in [2.24, 2.45) is 5.92 Å². The van der Waals surface area contributed by atoms with Gasteiger partial charge < -0.3 is 5.11 Å². The first-order chi connectivity index (χ1) is 12.5. The van der Waals surface area contributed by atoms with Crippen LogP contribution >= 0.6 is 11.8 Å². The molecule has 0 aliphatic heterocycles. The smallest absolute Gasteiger partial charge is 0.178 e. The second kappa shape index (κ2) is 9.48. The summed E-state index contributed by atoms with van der Waals surface area (Å²) in [7, 11) is 0. The zero-order valence-corrected chi connectivity index (χ0v) is 16.7. The molecule has 3 aromatic carbocycles. The van der Waals surface area contributed by atoms with Crippen LogP contribution in [-0.4, -0.2) is 11.4 Å². The van der Waals surface area contributed by atoms with Gasteiger partial charge in [-0.3, -0.25) is 0 Å². The fraction of sp³-hybridized carbons (Fsp3) is 0.250. The molecule has 0 saturated heterocycles. The van der Waals surface area contributed by atoms with Crippen molar-refractivity contribution in [2.45, 2.75) is 26.4 Å². The molecule has 1 unspecified atom stereocenters. The molecule has 0 saturated carbocycles. The van der Waals surface area contributed by atoms with Gasteiger partial charge in [0.05, 0.1) is 0 Å². The van der Waals surface area contributed by atoms with Gasteiger partial charge >= 0.3 is 0 Å². The second-order valence-electron chi connectivity index (χ2n) is 6.77. The highest BCUT2D eigenvalue weighted by Gasteiger charge is 2.31. The number of hydrogen-bond acceptors (Lipinski definition) is 2. The molecule has 0 aliphatic rings. The summed E-state index contributed by atoms with van der Waals surface area (Å²) in [5.74, 6) is 3.87. The molecule has 0 amide bonds. The third-order valence-electron chi connectivity index (χ3n) is 3.70. The van der Waals surface area contributed by atoms with E-state index in [-0.39, 0.29) is 0 Å². The van der Waals surface area contributed by atoms with E-state index in [0.717, 1.165) is 27.8 Å². The van der Waals surface area contributed by atoms with E-state index in [1.165, 1.54) is 11.8 Å². The minimum absolute atomic E-state index is 0.785. The number of thioether (sulfide) groups is 1. The van der Waals surface area contributed by atoms with E-state index in [9.17, 15) is 5.11 Å². The van der Waals surface area contributed by atoms with Gasteiger partial charge in [-0.05, 0) is 34.1 Å².